The third-order valence-electron chi connectivity index (χ3n) is 2.50. The molecule has 0 aliphatic heterocycles. The number of benzene rings is 2. The molecule has 0 radical (unpaired) electrons. The molecule has 1 N–H and O–H groups in total. The standard InChI is InChI=1S/C8H5Cl2FO2.C8H6ClFO3/c9-6-2-1-5(3-7(6)11)13-4-8(10)12;9-6-2-1-5(3-7(6)10)13-4-8(11)12/h1-3H,4H2;1-3H,4H2,(H,11,12). The number of carboxylic acid groups (broad SMARTS) is 1. The zero-order chi connectivity index (χ0) is 19.7. The van der Waals surface area contributed by atoms with E-state index in [0.717, 1.165) is 12.1 Å². The molecule has 0 saturated heterocycles. The highest BCUT2D eigenvalue weighted by molar-refractivity contribution is 6.63. The van der Waals surface area contributed by atoms with Gasteiger partial charge in [-0.25, -0.2) is 13.6 Å². The van der Waals surface area contributed by atoms with Crippen molar-refractivity contribution in [2.45, 2.75) is 0 Å². The van der Waals surface area contributed by atoms with Crippen molar-refractivity contribution in [1.82, 2.24) is 0 Å². The van der Waals surface area contributed by atoms with Crippen LogP contribution < -0.4 is 9.47 Å². The van der Waals surface area contributed by atoms with Gasteiger partial charge in [-0.1, -0.05) is 23.2 Å². The summed E-state index contributed by atoms with van der Waals surface area (Å²) in [6.07, 6.45) is 0. The average Bonchev–Trinajstić information content (AvgIpc) is 2.57. The van der Waals surface area contributed by atoms with Gasteiger partial charge in [-0.05, 0) is 35.9 Å². The van der Waals surface area contributed by atoms with Crippen LogP contribution in [0.1, 0.15) is 0 Å². The molecule has 0 bridgehead atoms. The van der Waals surface area contributed by atoms with Gasteiger partial charge in [0.1, 0.15) is 23.1 Å². The largest absolute Gasteiger partial charge is 0.484 e. The van der Waals surface area contributed by atoms with Crippen LogP contribution in [0, 0.1) is 11.6 Å². The third kappa shape index (κ3) is 8.33. The number of carbonyl (C=O) groups excluding carboxylic acids is 1. The van der Waals surface area contributed by atoms with E-state index in [1.54, 1.807) is 0 Å². The number of hydrogen-bond acceptors (Lipinski definition) is 4. The lowest BCUT2D eigenvalue weighted by Crippen LogP contribution is -2.09. The summed E-state index contributed by atoms with van der Waals surface area (Å²) >= 11 is 15.8. The van der Waals surface area contributed by atoms with Crippen molar-refractivity contribution in [3.8, 4) is 11.5 Å². The first kappa shape index (κ1) is 22.0. The van der Waals surface area contributed by atoms with Crippen LogP contribution in [0.4, 0.5) is 8.78 Å². The van der Waals surface area contributed by atoms with Gasteiger partial charge in [0.25, 0.3) is 5.24 Å². The maximum atomic E-state index is 12.8. The molecular formula is C16H11Cl3F2O5. The Kier molecular flexibility index (Phi) is 9.12. The van der Waals surface area contributed by atoms with Crippen molar-refractivity contribution in [1.29, 1.82) is 0 Å². The van der Waals surface area contributed by atoms with Crippen molar-refractivity contribution in [2.24, 2.45) is 0 Å². The number of carbonyl (C=O) groups is 2. The van der Waals surface area contributed by atoms with Crippen LogP contribution in [-0.4, -0.2) is 29.5 Å². The molecule has 0 heterocycles. The smallest absolute Gasteiger partial charge is 0.341 e. The van der Waals surface area contributed by atoms with Crippen molar-refractivity contribution in [2.75, 3.05) is 13.2 Å². The summed E-state index contributed by atoms with van der Waals surface area (Å²) in [7, 11) is 0. The van der Waals surface area contributed by atoms with Gasteiger partial charge >= 0.3 is 5.97 Å². The van der Waals surface area contributed by atoms with Gasteiger partial charge in [0.05, 0.1) is 10.0 Å². The second-order valence-corrected chi connectivity index (χ2v) is 5.71. The van der Waals surface area contributed by atoms with Crippen molar-refractivity contribution in [3.63, 3.8) is 0 Å². The molecule has 0 aliphatic rings. The predicted molar refractivity (Wildman–Crippen MR) is 92.3 cm³/mol. The summed E-state index contributed by atoms with van der Waals surface area (Å²) in [5, 5.41) is 7.59. The summed E-state index contributed by atoms with van der Waals surface area (Å²) in [5.41, 5.74) is 0. The van der Waals surface area contributed by atoms with Gasteiger partial charge in [-0.3, -0.25) is 4.79 Å². The monoisotopic (exact) mass is 426 g/mol. The molecule has 2 aromatic rings. The van der Waals surface area contributed by atoms with Crippen molar-refractivity contribution < 1.29 is 33.0 Å². The molecule has 0 amide bonds. The van der Waals surface area contributed by atoms with E-state index in [-0.39, 0.29) is 28.2 Å². The Bertz CT molecular complexity index is 721. The van der Waals surface area contributed by atoms with E-state index < -0.39 is 29.5 Å². The zero-order valence-corrected chi connectivity index (χ0v) is 15.1. The van der Waals surface area contributed by atoms with E-state index in [2.05, 4.69) is 0 Å². The average molecular weight is 428 g/mol. The second-order valence-electron chi connectivity index (χ2n) is 4.48. The lowest BCUT2D eigenvalue weighted by Gasteiger charge is -2.02. The van der Waals surface area contributed by atoms with E-state index in [0.29, 0.717) is 0 Å². The highest BCUT2D eigenvalue weighted by Crippen LogP contribution is 2.21. The Balaban J connectivity index is 0.000000260. The van der Waals surface area contributed by atoms with Crippen LogP contribution in [0.3, 0.4) is 0 Å². The summed E-state index contributed by atoms with van der Waals surface area (Å²) in [5.74, 6) is -1.98. The quantitative estimate of drug-likeness (QED) is 0.684. The molecule has 0 atom stereocenters. The molecule has 5 nitrogen and oxygen atoms in total. The van der Waals surface area contributed by atoms with Crippen LogP contribution in [0.5, 0.6) is 11.5 Å². The van der Waals surface area contributed by atoms with E-state index in [1.807, 2.05) is 0 Å². The predicted octanol–water partition coefficient (Wildman–Crippen LogP) is 4.57. The topological polar surface area (TPSA) is 72.8 Å². The lowest BCUT2D eigenvalue weighted by atomic mass is 10.3. The minimum atomic E-state index is -1.12. The van der Waals surface area contributed by atoms with E-state index in [4.69, 9.17) is 49.4 Å². The normalized spacial score (nSPS) is 9.73. The number of rotatable bonds is 6. The molecule has 10 heteroatoms. The van der Waals surface area contributed by atoms with Gasteiger partial charge in [0.2, 0.25) is 0 Å². The summed E-state index contributed by atoms with van der Waals surface area (Å²) < 4.78 is 35.0. The molecule has 2 rings (SSSR count). The fourth-order valence-electron chi connectivity index (χ4n) is 1.42. The van der Waals surface area contributed by atoms with Crippen LogP contribution in [-0.2, 0) is 9.59 Å². The number of ether oxygens (including phenoxy) is 2. The molecule has 0 saturated carbocycles. The fourth-order valence-corrected chi connectivity index (χ4v) is 1.71. The maximum Gasteiger partial charge on any atom is 0.341 e. The van der Waals surface area contributed by atoms with Gasteiger partial charge in [-0.15, -0.1) is 0 Å². The number of aliphatic carboxylic acids is 1. The van der Waals surface area contributed by atoms with Gasteiger partial charge < -0.3 is 14.6 Å². The summed E-state index contributed by atoms with van der Waals surface area (Å²) in [6, 6.07) is 7.60. The molecule has 2 aromatic carbocycles. The number of carboxylic acids is 1. The van der Waals surface area contributed by atoms with E-state index in [1.165, 1.54) is 24.3 Å². The first-order valence-electron chi connectivity index (χ1n) is 6.75. The Morgan fingerprint density at radius 2 is 1.31 bits per heavy atom. The van der Waals surface area contributed by atoms with E-state index in [9.17, 15) is 18.4 Å². The van der Waals surface area contributed by atoms with Crippen LogP contribution in [0.2, 0.25) is 10.0 Å². The van der Waals surface area contributed by atoms with Gasteiger partial charge in [-0.2, -0.15) is 0 Å². The molecular weight excluding hydrogens is 417 g/mol. The first-order chi connectivity index (χ1) is 12.2. The minimum Gasteiger partial charge on any atom is -0.484 e. The molecule has 0 spiro atoms. The third-order valence-corrected chi connectivity index (χ3v) is 3.22. The van der Waals surface area contributed by atoms with Crippen LogP contribution >= 0.6 is 34.8 Å². The van der Waals surface area contributed by atoms with Crippen molar-refractivity contribution >= 4 is 46.0 Å². The molecule has 26 heavy (non-hydrogen) atoms. The first-order valence-corrected chi connectivity index (χ1v) is 7.88. The maximum absolute atomic E-state index is 12.8. The summed E-state index contributed by atoms with van der Waals surface area (Å²) in [6.45, 7) is -0.788. The Morgan fingerprint density at radius 1 is 0.885 bits per heavy atom. The molecule has 0 fully saturated rings. The van der Waals surface area contributed by atoms with Crippen LogP contribution in [0.25, 0.3) is 0 Å². The Hall–Kier alpha value is -2.09. The van der Waals surface area contributed by atoms with Gasteiger partial charge in [0.15, 0.2) is 13.2 Å². The molecule has 0 unspecified atom stereocenters. The second kappa shape index (κ2) is 10.8. The summed E-state index contributed by atoms with van der Waals surface area (Å²) in [4.78, 5) is 20.4. The highest BCUT2D eigenvalue weighted by Gasteiger charge is 2.04. The zero-order valence-electron chi connectivity index (χ0n) is 12.8. The molecule has 0 aromatic heterocycles. The lowest BCUT2D eigenvalue weighted by molar-refractivity contribution is -0.139. The molecule has 140 valence electrons. The SMILES string of the molecule is O=C(Cl)COc1ccc(Cl)c(F)c1.O=C(O)COc1ccc(Cl)c(F)c1. The fraction of sp³-hybridized carbons (Fsp3) is 0.125. The van der Waals surface area contributed by atoms with Crippen molar-refractivity contribution in [3.05, 3.63) is 58.1 Å². The Labute approximate surface area is 162 Å². The van der Waals surface area contributed by atoms with Gasteiger partial charge in [0, 0.05) is 12.1 Å². The van der Waals surface area contributed by atoms with Crippen LogP contribution in [0.15, 0.2) is 36.4 Å². The Morgan fingerprint density at radius 3 is 1.65 bits per heavy atom. The minimum absolute atomic E-state index is 0.00421. The van der Waals surface area contributed by atoms with E-state index >= 15 is 0 Å². The highest BCUT2D eigenvalue weighted by atomic mass is 35.5. The number of hydrogen-bond donors (Lipinski definition) is 1. The number of halogens is 5. The molecule has 0 aliphatic carbocycles.